The van der Waals surface area contributed by atoms with E-state index < -0.39 is 6.10 Å². The van der Waals surface area contributed by atoms with E-state index in [1.165, 1.54) is 4.90 Å². The van der Waals surface area contributed by atoms with Gasteiger partial charge in [-0.3, -0.25) is 4.79 Å². The van der Waals surface area contributed by atoms with Crippen LogP contribution in [0.25, 0.3) is 0 Å². The fraction of sp³-hybridized carbons (Fsp3) is 0.350. The molecule has 1 amide bonds. The summed E-state index contributed by atoms with van der Waals surface area (Å²) in [5, 5.41) is 10.1. The first-order chi connectivity index (χ1) is 11.5. The summed E-state index contributed by atoms with van der Waals surface area (Å²) in [5.74, 6) is -0.0849. The number of amides is 1. The van der Waals surface area contributed by atoms with Gasteiger partial charge in [0.2, 0.25) is 0 Å². The number of hydrogen-bond acceptors (Lipinski definition) is 3. The van der Waals surface area contributed by atoms with Crippen LogP contribution in [-0.4, -0.2) is 42.2 Å². The number of carbonyl (C=O) groups is 1. The van der Waals surface area contributed by atoms with Crippen molar-refractivity contribution < 1.29 is 14.6 Å². The molecule has 4 nitrogen and oxygen atoms in total. The van der Waals surface area contributed by atoms with Crippen molar-refractivity contribution in [3.63, 3.8) is 0 Å². The first-order valence-electron chi connectivity index (χ1n) is 8.10. The maximum atomic E-state index is 12.5. The quantitative estimate of drug-likeness (QED) is 0.850. The van der Waals surface area contributed by atoms with Crippen molar-refractivity contribution in [3.05, 3.63) is 70.8 Å². The highest BCUT2D eigenvalue weighted by Crippen LogP contribution is 2.13. The van der Waals surface area contributed by atoms with Gasteiger partial charge in [-0.15, -0.1) is 0 Å². The zero-order valence-electron chi connectivity index (χ0n) is 14.5. The third-order valence-corrected chi connectivity index (χ3v) is 3.88. The van der Waals surface area contributed by atoms with E-state index in [1.54, 1.807) is 7.05 Å². The third kappa shape index (κ3) is 5.18. The van der Waals surface area contributed by atoms with E-state index in [2.05, 4.69) is 0 Å². The molecule has 1 N–H and O–H groups in total. The molecule has 0 spiro atoms. The second-order valence-corrected chi connectivity index (χ2v) is 6.16. The maximum Gasteiger partial charge on any atom is 0.253 e. The van der Waals surface area contributed by atoms with Crippen LogP contribution in [0, 0.1) is 13.8 Å². The van der Waals surface area contributed by atoms with Crippen LogP contribution in [0.3, 0.4) is 0 Å². The minimum absolute atomic E-state index is 0.0849. The summed E-state index contributed by atoms with van der Waals surface area (Å²) >= 11 is 0. The van der Waals surface area contributed by atoms with E-state index in [4.69, 9.17) is 4.74 Å². The lowest BCUT2D eigenvalue weighted by Gasteiger charge is -2.22. The summed E-state index contributed by atoms with van der Waals surface area (Å²) < 4.78 is 5.52. The van der Waals surface area contributed by atoms with Crippen LogP contribution in [0.5, 0.6) is 0 Å². The Balaban J connectivity index is 1.83. The maximum absolute atomic E-state index is 12.5. The summed E-state index contributed by atoms with van der Waals surface area (Å²) in [5.41, 5.74) is 3.72. The minimum Gasteiger partial charge on any atom is -0.389 e. The van der Waals surface area contributed by atoms with Gasteiger partial charge in [-0.1, -0.05) is 48.0 Å². The predicted molar refractivity (Wildman–Crippen MR) is 95.0 cm³/mol. The number of ether oxygens (including phenoxy) is 1. The molecule has 0 heterocycles. The lowest BCUT2D eigenvalue weighted by molar-refractivity contribution is 0.0137. The summed E-state index contributed by atoms with van der Waals surface area (Å²) in [4.78, 5) is 14.1. The molecule has 0 saturated heterocycles. The third-order valence-electron chi connectivity index (χ3n) is 3.88. The van der Waals surface area contributed by atoms with E-state index in [9.17, 15) is 9.90 Å². The van der Waals surface area contributed by atoms with Crippen LogP contribution >= 0.6 is 0 Å². The Hall–Kier alpha value is -2.17. The Kier molecular flexibility index (Phi) is 6.53. The van der Waals surface area contributed by atoms with E-state index >= 15 is 0 Å². The number of benzene rings is 2. The van der Waals surface area contributed by atoms with Gasteiger partial charge >= 0.3 is 0 Å². The Bertz CT molecular complexity index is 670. The van der Waals surface area contributed by atoms with Crippen LogP contribution in [0.2, 0.25) is 0 Å². The Morgan fingerprint density at radius 3 is 2.58 bits per heavy atom. The normalized spacial score (nSPS) is 12.0. The largest absolute Gasteiger partial charge is 0.389 e. The number of carbonyl (C=O) groups excluding carboxylic acids is 1. The number of likely N-dealkylation sites (N-methyl/N-ethyl adjacent to an activating group) is 1. The Morgan fingerprint density at radius 2 is 1.88 bits per heavy atom. The van der Waals surface area contributed by atoms with Crippen LogP contribution in [0.1, 0.15) is 27.0 Å². The molecule has 4 heteroatoms. The lowest BCUT2D eigenvalue weighted by Crippen LogP contribution is -2.36. The van der Waals surface area contributed by atoms with Crippen molar-refractivity contribution in [2.75, 3.05) is 20.2 Å². The van der Waals surface area contributed by atoms with Crippen LogP contribution in [-0.2, 0) is 11.3 Å². The lowest BCUT2D eigenvalue weighted by atomic mass is 10.0. The highest BCUT2D eigenvalue weighted by Gasteiger charge is 2.17. The van der Waals surface area contributed by atoms with Crippen molar-refractivity contribution >= 4 is 5.91 Å². The predicted octanol–water partition coefficient (Wildman–Crippen LogP) is 2.95. The zero-order valence-corrected chi connectivity index (χ0v) is 14.5. The van der Waals surface area contributed by atoms with Gasteiger partial charge in [-0.05, 0) is 31.0 Å². The van der Waals surface area contributed by atoms with Crippen molar-refractivity contribution in [3.8, 4) is 0 Å². The van der Waals surface area contributed by atoms with Gasteiger partial charge in [-0.2, -0.15) is 0 Å². The smallest absolute Gasteiger partial charge is 0.253 e. The van der Waals surface area contributed by atoms with Crippen LogP contribution in [0.4, 0.5) is 0 Å². The molecule has 1 atom stereocenters. The molecular weight excluding hydrogens is 302 g/mol. The van der Waals surface area contributed by atoms with Gasteiger partial charge in [0.15, 0.2) is 0 Å². The molecule has 0 aliphatic heterocycles. The summed E-state index contributed by atoms with van der Waals surface area (Å²) in [6, 6.07) is 15.6. The van der Waals surface area contributed by atoms with E-state index in [-0.39, 0.29) is 19.1 Å². The SMILES string of the molecule is Cc1ccc(C)c(C(=O)N(C)CC(O)COCc2ccccc2)c1. The van der Waals surface area contributed by atoms with Gasteiger partial charge in [0, 0.05) is 19.2 Å². The van der Waals surface area contributed by atoms with Crippen LogP contribution < -0.4 is 0 Å². The highest BCUT2D eigenvalue weighted by molar-refractivity contribution is 5.95. The molecule has 2 aromatic rings. The number of hydrogen-bond donors (Lipinski definition) is 1. The monoisotopic (exact) mass is 327 g/mol. The Labute approximate surface area is 143 Å². The zero-order chi connectivity index (χ0) is 17.5. The summed E-state index contributed by atoms with van der Waals surface area (Å²) in [6.07, 6.45) is -0.715. The molecule has 0 bridgehead atoms. The number of nitrogens with zero attached hydrogens (tertiary/aromatic N) is 1. The topological polar surface area (TPSA) is 49.8 Å². The molecule has 24 heavy (non-hydrogen) atoms. The van der Waals surface area contributed by atoms with Gasteiger partial charge in [0.25, 0.3) is 5.91 Å². The standard InChI is InChI=1S/C20H25NO3/c1-15-9-10-16(2)19(11-15)20(23)21(3)12-18(22)14-24-13-17-7-5-4-6-8-17/h4-11,18,22H,12-14H2,1-3H3. The molecular formula is C20H25NO3. The van der Waals surface area contributed by atoms with Crippen molar-refractivity contribution in [2.24, 2.45) is 0 Å². The van der Waals surface area contributed by atoms with Crippen LogP contribution in [0.15, 0.2) is 48.5 Å². The van der Waals surface area contributed by atoms with Gasteiger partial charge < -0.3 is 14.7 Å². The summed E-state index contributed by atoms with van der Waals surface area (Å²) in [6.45, 7) is 4.76. The summed E-state index contributed by atoms with van der Waals surface area (Å²) in [7, 11) is 1.70. The number of aliphatic hydroxyl groups is 1. The molecule has 2 rings (SSSR count). The first-order valence-corrected chi connectivity index (χ1v) is 8.10. The fourth-order valence-corrected chi connectivity index (χ4v) is 2.51. The van der Waals surface area contributed by atoms with Gasteiger partial charge in [-0.25, -0.2) is 0 Å². The number of rotatable bonds is 7. The molecule has 0 radical (unpaired) electrons. The van der Waals surface area contributed by atoms with E-state index in [1.807, 2.05) is 62.4 Å². The second kappa shape index (κ2) is 8.62. The minimum atomic E-state index is -0.715. The average Bonchev–Trinajstić information content (AvgIpc) is 2.57. The molecule has 0 aliphatic carbocycles. The molecule has 1 unspecified atom stereocenters. The van der Waals surface area contributed by atoms with Crippen molar-refractivity contribution in [1.29, 1.82) is 0 Å². The van der Waals surface area contributed by atoms with Crippen molar-refractivity contribution in [1.82, 2.24) is 4.90 Å². The number of aliphatic hydroxyl groups excluding tert-OH is 1. The highest BCUT2D eigenvalue weighted by atomic mass is 16.5. The average molecular weight is 327 g/mol. The first kappa shape index (κ1) is 18.2. The van der Waals surface area contributed by atoms with Crippen molar-refractivity contribution in [2.45, 2.75) is 26.6 Å². The number of aryl methyl sites for hydroxylation is 2. The van der Waals surface area contributed by atoms with Gasteiger partial charge in [0.1, 0.15) is 0 Å². The molecule has 0 fully saturated rings. The Morgan fingerprint density at radius 1 is 1.17 bits per heavy atom. The molecule has 0 saturated carbocycles. The molecule has 2 aromatic carbocycles. The van der Waals surface area contributed by atoms with Gasteiger partial charge in [0.05, 0.1) is 19.3 Å². The molecule has 128 valence electrons. The molecule has 0 aromatic heterocycles. The van der Waals surface area contributed by atoms with E-state index in [0.29, 0.717) is 12.2 Å². The molecule has 0 aliphatic rings. The second-order valence-electron chi connectivity index (χ2n) is 6.16. The van der Waals surface area contributed by atoms with E-state index in [0.717, 1.165) is 16.7 Å². The fourth-order valence-electron chi connectivity index (χ4n) is 2.51.